The van der Waals surface area contributed by atoms with Gasteiger partial charge in [-0.2, -0.15) is 0 Å². The van der Waals surface area contributed by atoms with Crippen LogP contribution in [0.4, 0.5) is 15.3 Å². The van der Waals surface area contributed by atoms with E-state index in [1.165, 1.54) is 19.1 Å². The lowest BCUT2D eigenvalue weighted by Crippen LogP contribution is -2.54. The van der Waals surface area contributed by atoms with Crippen LogP contribution in [0.25, 0.3) is 0 Å². The third-order valence-electron chi connectivity index (χ3n) is 17.7. The van der Waals surface area contributed by atoms with Crippen molar-refractivity contribution in [1.82, 2.24) is 25.3 Å². The first-order valence-corrected chi connectivity index (χ1v) is 32.0. The Kier molecular flexibility index (Phi) is 33.7. The molecule has 1 saturated heterocycles. The van der Waals surface area contributed by atoms with Crippen molar-refractivity contribution in [3.63, 3.8) is 0 Å². The number of ketones is 3. The molecule has 1 fully saturated rings. The number of aliphatic hydroxyl groups excluding tert-OH is 1. The molecule has 1 aliphatic rings. The number of ether oxygens (including phenoxy) is 3. The highest BCUT2D eigenvalue weighted by atomic mass is 16.6. The van der Waals surface area contributed by atoms with E-state index < -0.39 is 72.2 Å². The second-order valence-corrected chi connectivity index (χ2v) is 25.4. The molecule has 22 nitrogen and oxygen atoms in total. The molecule has 1 heterocycles. The highest BCUT2D eigenvalue weighted by Crippen LogP contribution is 2.33. The minimum Gasteiger partial charge on any atom is -0.445 e. The number of aliphatic hydroxyl groups is 1. The minimum atomic E-state index is -0.952. The zero-order valence-electron chi connectivity index (χ0n) is 55.6. The summed E-state index contributed by atoms with van der Waals surface area (Å²) in [6.07, 6.45) is 1.68. The molecule has 0 spiro atoms. The summed E-state index contributed by atoms with van der Waals surface area (Å²) in [6, 6.07) is 12.4. The molecule has 12 atom stereocenters. The summed E-state index contributed by atoms with van der Waals surface area (Å²) >= 11 is 0. The van der Waals surface area contributed by atoms with Crippen LogP contribution in [0.2, 0.25) is 0 Å². The van der Waals surface area contributed by atoms with Crippen LogP contribution in [0.5, 0.6) is 0 Å². The fourth-order valence-electron chi connectivity index (χ4n) is 12.2. The van der Waals surface area contributed by atoms with Gasteiger partial charge in [0.2, 0.25) is 23.6 Å². The van der Waals surface area contributed by atoms with Gasteiger partial charge in [0, 0.05) is 90.5 Å². The number of likely N-dealkylation sites (N-methyl/N-ethyl adjacent to an activating group) is 2. The topological polar surface area (TPSA) is 309 Å². The first kappa shape index (κ1) is 76.9. The third-order valence-corrected chi connectivity index (χ3v) is 17.7. The van der Waals surface area contributed by atoms with E-state index in [-0.39, 0.29) is 122 Å². The molecule has 2 aromatic rings. The number of likely N-dealkylation sites (tertiary alicyclic amines) is 1. The van der Waals surface area contributed by atoms with Crippen LogP contribution in [-0.2, 0) is 59.2 Å². The van der Waals surface area contributed by atoms with Crippen molar-refractivity contribution in [2.75, 3.05) is 53.3 Å². The van der Waals surface area contributed by atoms with Crippen LogP contribution in [0.3, 0.4) is 0 Å². The quantitative estimate of drug-likeness (QED) is 0.0269. The van der Waals surface area contributed by atoms with E-state index >= 15 is 0 Å². The molecule has 3 rings (SSSR count). The fraction of sp³-hybridized carbons (Fsp3) is 0.687. The van der Waals surface area contributed by atoms with Gasteiger partial charge < -0.3 is 60.5 Å². The summed E-state index contributed by atoms with van der Waals surface area (Å²) in [6.45, 7) is 19.6. The van der Waals surface area contributed by atoms with E-state index in [2.05, 4.69) is 20.8 Å². The number of carbonyl (C=O) groups is 9. The number of urea groups is 1. The fourth-order valence-corrected chi connectivity index (χ4v) is 12.2. The number of hydrogen-bond donors (Lipinski definition) is 6. The normalized spacial score (nSPS) is 17.1. The van der Waals surface area contributed by atoms with Crippen LogP contribution >= 0.6 is 0 Å². The van der Waals surface area contributed by atoms with Gasteiger partial charge in [0.05, 0.1) is 55.5 Å². The maximum absolute atomic E-state index is 14.9. The zero-order chi connectivity index (χ0) is 66.7. The Morgan fingerprint density at radius 1 is 0.742 bits per heavy atom. The van der Waals surface area contributed by atoms with Crippen molar-refractivity contribution in [2.24, 2.45) is 59.0 Å². The van der Waals surface area contributed by atoms with Crippen molar-refractivity contribution in [1.29, 1.82) is 0 Å². The number of amides is 7. The molecule has 1 unspecified atom stereocenters. The number of primary amides is 1. The summed E-state index contributed by atoms with van der Waals surface area (Å²) in [5, 5.41) is 19.2. The van der Waals surface area contributed by atoms with Gasteiger partial charge >= 0.3 is 12.1 Å². The molecule has 22 heteroatoms. The van der Waals surface area contributed by atoms with Crippen molar-refractivity contribution in [2.45, 2.75) is 202 Å². The number of hydrogen-bond acceptors (Lipinski definition) is 15. The Labute approximate surface area is 529 Å². The highest BCUT2D eigenvalue weighted by Gasteiger charge is 2.44. The Bertz CT molecular complexity index is 2550. The Hall–Kier alpha value is -6.33. The van der Waals surface area contributed by atoms with E-state index in [0.717, 1.165) is 12.0 Å². The van der Waals surface area contributed by atoms with Crippen molar-refractivity contribution < 1.29 is 67.3 Å². The first-order valence-electron chi connectivity index (χ1n) is 32.0. The molecule has 0 radical (unpaired) electrons. The molecule has 0 bridgehead atoms. The third kappa shape index (κ3) is 24.1. The maximum Gasteiger partial charge on any atom is 0.410 e. The lowest BCUT2D eigenvalue weighted by atomic mass is 9.83. The number of anilines is 1. The Morgan fingerprint density at radius 2 is 1.40 bits per heavy atom. The average Bonchev–Trinajstić information content (AvgIpc) is 4.10. The molecule has 1 aliphatic heterocycles. The summed E-state index contributed by atoms with van der Waals surface area (Å²) in [7, 11) is 6.26. The van der Waals surface area contributed by atoms with Crippen LogP contribution in [0.1, 0.15) is 170 Å². The van der Waals surface area contributed by atoms with E-state index in [1.54, 1.807) is 48.2 Å². The molecule has 89 heavy (non-hydrogen) atoms. The number of nitrogens with one attached hydrogen (secondary N) is 3. The molecule has 500 valence electrons. The number of benzene rings is 2. The largest absolute Gasteiger partial charge is 0.445 e. The number of nitrogens with zero attached hydrogens (tertiary/aromatic N) is 3. The first-order chi connectivity index (χ1) is 42.1. The molecule has 0 aliphatic carbocycles. The van der Waals surface area contributed by atoms with Crippen LogP contribution in [-0.4, -0.2) is 157 Å². The van der Waals surface area contributed by atoms with Crippen LogP contribution < -0.4 is 27.6 Å². The lowest BCUT2D eigenvalue weighted by Gasteiger charge is -2.41. The Morgan fingerprint density at radius 3 is 1.98 bits per heavy atom. The Balaban J connectivity index is 1.70. The van der Waals surface area contributed by atoms with Gasteiger partial charge in [-0.1, -0.05) is 125 Å². The van der Waals surface area contributed by atoms with E-state index in [0.29, 0.717) is 62.9 Å². The SMILES string of the molecule is CCC(C)[C@@H]([C@@H](CC(=O)N1CCC[C@H]1[C@H](OC)[C@@H](C)C(=O)C[C@H](C)[C@@H](O)c1ccccc1)OC)N(C)C(=O)[C@@H](CC(=O)[C@H](C(C)C)N(C)C(=O)OCc1ccc(NC(=O)[C@H](CCCNC(N)=O)CC(=O)[C@@H](NC(=O)CCCCCON)C(C)C)cc1)C(C)C. The van der Waals surface area contributed by atoms with Gasteiger partial charge in [-0.05, 0) is 91.4 Å². The predicted molar refractivity (Wildman–Crippen MR) is 341 cm³/mol. The maximum atomic E-state index is 14.9. The molecule has 0 saturated carbocycles. The zero-order valence-corrected chi connectivity index (χ0v) is 55.6. The van der Waals surface area contributed by atoms with Crippen molar-refractivity contribution in [3.8, 4) is 0 Å². The average molecular weight is 1250 g/mol. The number of methoxy groups -OCH3 is 2. The second-order valence-electron chi connectivity index (χ2n) is 25.4. The summed E-state index contributed by atoms with van der Waals surface area (Å²) in [5.74, 6) is -0.357. The van der Waals surface area contributed by atoms with E-state index in [1.807, 2.05) is 99.6 Å². The number of nitrogens with two attached hydrogens (primary N) is 2. The summed E-state index contributed by atoms with van der Waals surface area (Å²) < 4.78 is 17.9. The molecule has 7 amide bonds. The smallest absolute Gasteiger partial charge is 0.410 e. The number of carbonyl (C=O) groups excluding carboxylic acids is 9. The van der Waals surface area contributed by atoms with Gasteiger partial charge in [0.1, 0.15) is 12.4 Å². The van der Waals surface area contributed by atoms with Gasteiger partial charge in [0.15, 0.2) is 11.6 Å². The standard InChI is InChI=1S/C67H108N8O14/c1-15-44(8)61(56(86-13)39-58(80)75-34-23-27-52(75)63(87-14)46(10)53(76)36-45(9)62(81)48-24-18-16-19-25-48)73(11)65(83)51(41(2)3)38-55(78)60(43(6)7)74(12)67(85)88-40-47-29-31-50(32-30-47)71-64(82)49(26-22-33-70-66(68)84)37-54(77)59(42(4)5)72-57(79)28-20-17-21-35-89-69/h16,18-19,24-25,29-32,41-46,49,51-52,56,59-63,81H,15,17,20-23,26-28,33-40,69H2,1-14H3,(H,71,82)(H,72,79)(H3,68,70,84)/t44?,45-,46-,49+,51-,52-,56+,59-,60-,61-,62+,63+/m0/s1. The molecular weight excluding hydrogens is 1140 g/mol. The molecule has 8 N–H and O–H groups in total. The second kappa shape index (κ2) is 39.0. The minimum absolute atomic E-state index is 0.0468. The number of rotatable bonds is 41. The molecule has 2 aromatic carbocycles. The predicted octanol–water partition coefficient (Wildman–Crippen LogP) is 8.31. The van der Waals surface area contributed by atoms with Crippen LogP contribution in [0.15, 0.2) is 54.6 Å². The van der Waals surface area contributed by atoms with Crippen LogP contribution in [0, 0.1) is 47.3 Å². The van der Waals surface area contributed by atoms with Crippen molar-refractivity contribution in [3.05, 3.63) is 65.7 Å². The number of unbranched alkanes of at least 4 members (excludes halogenated alkanes) is 2. The van der Waals surface area contributed by atoms with Gasteiger partial charge in [-0.3, -0.25) is 33.6 Å². The summed E-state index contributed by atoms with van der Waals surface area (Å²) in [5.41, 5.74) is 6.97. The highest BCUT2D eigenvalue weighted by molar-refractivity contribution is 5.97. The summed E-state index contributed by atoms with van der Waals surface area (Å²) in [4.78, 5) is 132. The monoisotopic (exact) mass is 1250 g/mol. The molecule has 0 aromatic heterocycles. The van der Waals surface area contributed by atoms with Gasteiger partial charge in [0.25, 0.3) is 0 Å². The van der Waals surface area contributed by atoms with Gasteiger partial charge in [-0.25, -0.2) is 15.5 Å². The lowest BCUT2D eigenvalue weighted by molar-refractivity contribution is -0.149. The van der Waals surface area contributed by atoms with E-state index in [4.69, 9.17) is 25.8 Å². The van der Waals surface area contributed by atoms with Crippen molar-refractivity contribution >= 4 is 58.8 Å². The van der Waals surface area contributed by atoms with E-state index in [9.17, 15) is 48.3 Å². The van der Waals surface area contributed by atoms with Gasteiger partial charge in [-0.15, -0.1) is 0 Å². The number of Topliss-reactive ketones (excluding diaryl/α,β-unsaturated/α-hetero) is 3. The molecular formula is C67H108N8O14.